The summed E-state index contributed by atoms with van der Waals surface area (Å²) in [4.78, 5) is 9.07. The third-order valence-corrected chi connectivity index (χ3v) is 6.15. The molecule has 1 aliphatic rings. The van der Waals surface area contributed by atoms with Gasteiger partial charge in [-0.2, -0.15) is 0 Å². The molecule has 0 amide bonds. The molecular formula is C26H26ClFN4O3. The molecule has 0 unspecified atom stereocenters. The lowest BCUT2D eigenvalue weighted by Crippen LogP contribution is -2.18. The molecule has 1 aliphatic heterocycles. The average molecular weight is 497 g/mol. The minimum Gasteiger partial charge on any atom is -0.497 e. The summed E-state index contributed by atoms with van der Waals surface area (Å²) in [5.74, 6) is 1.67. The SMILES string of the molecule is COc1ccc(CNCCC2=Nc3nccc(/C(Cc4ccc(F)c(Cl)c4)=N/O)c3C2)c(OC)c1. The van der Waals surface area contributed by atoms with Gasteiger partial charge in [0.25, 0.3) is 0 Å². The molecule has 7 nitrogen and oxygen atoms in total. The molecule has 2 N–H and O–H groups in total. The first kappa shape index (κ1) is 24.6. The van der Waals surface area contributed by atoms with Crippen molar-refractivity contribution in [1.29, 1.82) is 0 Å². The van der Waals surface area contributed by atoms with Gasteiger partial charge in [-0.05, 0) is 36.2 Å². The second-order valence-electron chi connectivity index (χ2n) is 8.09. The molecule has 2 heterocycles. The predicted molar refractivity (Wildman–Crippen MR) is 134 cm³/mol. The highest BCUT2D eigenvalue weighted by molar-refractivity contribution is 6.30. The zero-order valence-electron chi connectivity index (χ0n) is 19.5. The van der Waals surface area contributed by atoms with Crippen molar-refractivity contribution in [2.45, 2.75) is 25.8 Å². The van der Waals surface area contributed by atoms with Crippen LogP contribution in [-0.2, 0) is 19.4 Å². The first-order valence-corrected chi connectivity index (χ1v) is 11.5. The largest absolute Gasteiger partial charge is 0.497 e. The van der Waals surface area contributed by atoms with Gasteiger partial charge >= 0.3 is 0 Å². The van der Waals surface area contributed by atoms with Crippen molar-refractivity contribution >= 4 is 28.8 Å². The van der Waals surface area contributed by atoms with Gasteiger partial charge in [-0.1, -0.05) is 28.9 Å². The molecule has 0 spiro atoms. The van der Waals surface area contributed by atoms with Crippen molar-refractivity contribution in [2.75, 3.05) is 20.8 Å². The van der Waals surface area contributed by atoms with Crippen LogP contribution >= 0.6 is 11.6 Å². The van der Waals surface area contributed by atoms with Crippen LogP contribution in [0.1, 0.15) is 28.7 Å². The second kappa shape index (κ2) is 11.3. The monoisotopic (exact) mass is 496 g/mol. The van der Waals surface area contributed by atoms with Crippen molar-refractivity contribution in [1.82, 2.24) is 10.3 Å². The molecule has 1 aromatic heterocycles. The summed E-state index contributed by atoms with van der Waals surface area (Å²) in [6.07, 6.45) is 3.31. The van der Waals surface area contributed by atoms with E-state index in [1.54, 1.807) is 26.5 Å². The number of oxime groups is 1. The lowest BCUT2D eigenvalue weighted by Gasteiger charge is -2.11. The zero-order valence-corrected chi connectivity index (χ0v) is 20.3. The molecule has 4 rings (SSSR count). The lowest BCUT2D eigenvalue weighted by atomic mass is 9.96. The zero-order chi connectivity index (χ0) is 24.8. The summed E-state index contributed by atoms with van der Waals surface area (Å²) in [6, 6.07) is 12.0. The summed E-state index contributed by atoms with van der Waals surface area (Å²) in [5, 5.41) is 16.7. The number of aliphatic imine (C=N–C) groups is 1. The predicted octanol–water partition coefficient (Wildman–Crippen LogP) is 5.12. The molecule has 0 fully saturated rings. The number of rotatable bonds is 10. The van der Waals surface area contributed by atoms with Gasteiger partial charge in [-0.25, -0.2) is 14.4 Å². The first-order chi connectivity index (χ1) is 17.0. The molecule has 0 aliphatic carbocycles. The van der Waals surface area contributed by atoms with E-state index >= 15 is 0 Å². The summed E-state index contributed by atoms with van der Waals surface area (Å²) in [6.45, 7) is 1.38. The summed E-state index contributed by atoms with van der Waals surface area (Å²) in [7, 11) is 3.27. The number of hydrogen-bond acceptors (Lipinski definition) is 7. The number of nitrogens with zero attached hydrogens (tertiary/aromatic N) is 3. The maximum Gasteiger partial charge on any atom is 0.155 e. The molecule has 3 aromatic rings. The maximum absolute atomic E-state index is 13.5. The van der Waals surface area contributed by atoms with Gasteiger partial charge in [-0.3, -0.25) is 0 Å². The maximum atomic E-state index is 13.5. The Hall–Kier alpha value is -3.49. The Bertz CT molecular complexity index is 1280. The number of fused-ring (bicyclic) bond motifs is 1. The number of methoxy groups -OCH3 is 2. The second-order valence-corrected chi connectivity index (χ2v) is 8.50. The highest BCUT2D eigenvalue weighted by atomic mass is 35.5. The molecule has 0 bridgehead atoms. The number of hydrogen-bond donors (Lipinski definition) is 2. The minimum atomic E-state index is -0.486. The summed E-state index contributed by atoms with van der Waals surface area (Å²) < 4.78 is 24.2. The van der Waals surface area contributed by atoms with Crippen LogP contribution in [0, 0.1) is 5.82 Å². The number of aromatic nitrogens is 1. The molecular weight excluding hydrogens is 471 g/mol. The average Bonchev–Trinajstić information content (AvgIpc) is 3.30. The molecule has 0 atom stereocenters. The third kappa shape index (κ3) is 5.78. The first-order valence-electron chi connectivity index (χ1n) is 11.1. The van der Waals surface area contributed by atoms with Crippen LogP contribution in [0.3, 0.4) is 0 Å². The normalized spacial score (nSPS) is 12.9. The van der Waals surface area contributed by atoms with Crippen LogP contribution in [0.4, 0.5) is 10.2 Å². The van der Waals surface area contributed by atoms with Crippen LogP contribution in [0.25, 0.3) is 0 Å². The third-order valence-electron chi connectivity index (χ3n) is 5.87. The van der Waals surface area contributed by atoms with Crippen molar-refractivity contribution in [2.24, 2.45) is 10.1 Å². The van der Waals surface area contributed by atoms with E-state index in [-0.39, 0.29) is 5.02 Å². The van der Waals surface area contributed by atoms with E-state index in [0.717, 1.165) is 52.4 Å². The van der Waals surface area contributed by atoms with Gasteiger partial charge in [0.15, 0.2) is 5.82 Å². The Morgan fingerprint density at radius 3 is 2.77 bits per heavy atom. The Morgan fingerprint density at radius 2 is 2.03 bits per heavy atom. The van der Waals surface area contributed by atoms with E-state index in [1.807, 2.05) is 24.3 Å². The lowest BCUT2D eigenvalue weighted by molar-refractivity contribution is 0.318. The van der Waals surface area contributed by atoms with Gasteiger partial charge in [0.2, 0.25) is 0 Å². The van der Waals surface area contributed by atoms with Gasteiger partial charge in [0.05, 0.1) is 25.0 Å². The fraction of sp³-hybridized carbons (Fsp3) is 0.269. The Labute approximate surface area is 208 Å². The molecule has 0 radical (unpaired) electrons. The molecule has 182 valence electrons. The van der Waals surface area contributed by atoms with Gasteiger partial charge in [0, 0.05) is 60.6 Å². The van der Waals surface area contributed by atoms with E-state index in [4.69, 9.17) is 21.1 Å². The Kier molecular flexibility index (Phi) is 7.94. The van der Waals surface area contributed by atoms with Crippen LogP contribution in [0.15, 0.2) is 58.8 Å². The highest BCUT2D eigenvalue weighted by Gasteiger charge is 2.22. The standard InChI is InChI=1S/C26H26ClFN4O3/c1-34-19-5-4-17(25(14-19)35-2)15-29-9-7-18-13-21-20(8-10-30-26(21)31-18)24(32-33)12-16-3-6-23(28)22(27)11-16/h3-6,8,10-11,14,29,33H,7,9,12-13,15H2,1-2H3/b32-24+. The Morgan fingerprint density at radius 1 is 1.17 bits per heavy atom. The van der Waals surface area contributed by atoms with Crippen molar-refractivity contribution < 1.29 is 19.1 Å². The number of halogens is 2. The molecule has 0 saturated carbocycles. The van der Waals surface area contributed by atoms with Crippen LogP contribution in [-0.4, -0.2) is 42.4 Å². The number of pyridine rings is 1. The fourth-order valence-electron chi connectivity index (χ4n) is 4.04. The topological polar surface area (TPSA) is 88.3 Å². The van der Waals surface area contributed by atoms with Crippen molar-refractivity contribution in [3.8, 4) is 11.5 Å². The minimum absolute atomic E-state index is 0.0325. The van der Waals surface area contributed by atoms with Crippen LogP contribution in [0.5, 0.6) is 11.5 Å². The van der Waals surface area contributed by atoms with Crippen LogP contribution < -0.4 is 14.8 Å². The van der Waals surface area contributed by atoms with Gasteiger partial charge < -0.3 is 20.0 Å². The number of benzene rings is 2. The molecule has 9 heteroatoms. The Balaban J connectivity index is 1.37. The summed E-state index contributed by atoms with van der Waals surface area (Å²) >= 11 is 5.91. The molecule has 0 saturated heterocycles. The number of nitrogens with one attached hydrogen (secondary N) is 1. The van der Waals surface area contributed by atoms with E-state index in [0.29, 0.717) is 30.9 Å². The van der Waals surface area contributed by atoms with Gasteiger partial charge in [-0.15, -0.1) is 0 Å². The van der Waals surface area contributed by atoms with E-state index in [2.05, 4.69) is 20.4 Å². The highest BCUT2D eigenvalue weighted by Crippen LogP contribution is 2.30. The van der Waals surface area contributed by atoms with E-state index in [9.17, 15) is 9.60 Å². The quantitative estimate of drug-likeness (QED) is 0.176. The smallest absolute Gasteiger partial charge is 0.155 e. The van der Waals surface area contributed by atoms with Crippen molar-refractivity contribution in [3.63, 3.8) is 0 Å². The molecule has 35 heavy (non-hydrogen) atoms. The van der Waals surface area contributed by atoms with Gasteiger partial charge in [0.1, 0.15) is 17.3 Å². The summed E-state index contributed by atoms with van der Waals surface area (Å²) in [5.41, 5.74) is 4.92. The number of ether oxygens (including phenoxy) is 2. The van der Waals surface area contributed by atoms with E-state index < -0.39 is 5.82 Å². The van der Waals surface area contributed by atoms with Crippen molar-refractivity contribution in [3.05, 3.63) is 81.8 Å². The fourth-order valence-corrected chi connectivity index (χ4v) is 4.24. The van der Waals surface area contributed by atoms with Crippen LogP contribution in [0.2, 0.25) is 5.02 Å². The van der Waals surface area contributed by atoms with E-state index in [1.165, 1.54) is 12.1 Å². The molecule has 2 aromatic carbocycles.